The first kappa shape index (κ1) is 24.3. The maximum Gasteiger partial charge on any atom is 0.238 e. The molecule has 0 saturated heterocycles. The third-order valence-electron chi connectivity index (χ3n) is 9.22. The number of para-hydroxylation sites is 2. The molecule has 5 heteroatoms. The van der Waals surface area contributed by atoms with E-state index in [-0.39, 0.29) is 35.6 Å². The first-order valence-electron chi connectivity index (χ1n) is 18.4. The molecule has 0 atom stereocenters. The van der Waals surface area contributed by atoms with E-state index in [1.165, 1.54) is 0 Å². The lowest BCUT2D eigenvalue weighted by Crippen LogP contribution is -2.06. The predicted octanol–water partition coefficient (Wildman–Crippen LogP) is 11.5. The number of fused-ring (bicyclic) bond motifs is 6. The zero-order valence-electron chi connectivity index (χ0n) is 30.6. The van der Waals surface area contributed by atoms with Crippen LogP contribution in [0.25, 0.3) is 94.7 Å². The van der Waals surface area contributed by atoms with E-state index in [2.05, 4.69) is 36.4 Å². The lowest BCUT2D eigenvalue weighted by Gasteiger charge is -2.11. The van der Waals surface area contributed by atoms with E-state index in [4.69, 9.17) is 24.9 Å². The lowest BCUT2D eigenvalue weighted by atomic mass is 9.99. The van der Waals surface area contributed by atoms with Crippen molar-refractivity contribution < 1.29 is 9.90 Å². The minimum Gasteiger partial charge on any atom is -0.456 e. The molecule has 0 bridgehead atoms. The minimum atomic E-state index is -0.332. The molecule has 7 aromatic carbocycles. The van der Waals surface area contributed by atoms with E-state index in [1.54, 1.807) is 4.57 Å². The standard InChI is InChI=1S/C45H28N4O/c1-3-11-29(12-4-1)30-19-21-31(22-20-30)33-24-26-40-38(27-33)35-15-7-9-17-39(35)49(40)45-47-43(32-13-5-2-6-14-32)46-44(48-45)34-23-25-37-36-16-8-10-18-41(36)50-42(37)28-34/h1-28H/i7D,9D,15D,17D. The van der Waals surface area contributed by atoms with Crippen molar-refractivity contribution in [3.05, 3.63) is 170 Å². The molecule has 234 valence electrons. The second-order valence-electron chi connectivity index (χ2n) is 12.2. The average Bonchev–Trinajstić information content (AvgIpc) is 3.78. The summed E-state index contributed by atoms with van der Waals surface area (Å²) in [5.41, 5.74) is 8.03. The van der Waals surface area contributed by atoms with Gasteiger partial charge < -0.3 is 4.42 Å². The van der Waals surface area contributed by atoms with Gasteiger partial charge in [-0.05, 0) is 58.6 Å². The van der Waals surface area contributed by atoms with Gasteiger partial charge in [0.2, 0.25) is 5.95 Å². The van der Waals surface area contributed by atoms with Crippen LogP contribution in [0.1, 0.15) is 5.48 Å². The van der Waals surface area contributed by atoms with Crippen molar-refractivity contribution >= 4 is 43.7 Å². The second kappa shape index (κ2) is 11.4. The Morgan fingerprint density at radius 1 is 0.420 bits per heavy atom. The molecule has 0 amide bonds. The van der Waals surface area contributed by atoms with Gasteiger partial charge in [0.1, 0.15) is 11.2 Å². The number of hydrogen-bond donors (Lipinski definition) is 0. The average molecular weight is 645 g/mol. The van der Waals surface area contributed by atoms with Crippen molar-refractivity contribution in [2.75, 3.05) is 0 Å². The summed E-state index contributed by atoms with van der Waals surface area (Å²) < 4.78 is 43.5. The maximum atomic E-state index is 9.16. The Balaban J connectivity index is 1.21. The van der Waals surface area contributed by atoms with Gasteiger partial charge in [-0.1, -0.05) is 133 Å². The molecule has 0 aliphatic rings. The Bertz CT molecular complexity index is 3090. The molecule has 0 unspecified atom stereocenters. The third kappa shape index (κ3) is 4.67. The number of benzene rings is 7. The highest BCUT2D eigenvalue weighted by molar-refractivity contribution is 6.10. The lowest BCUT2D eigenvalue weighted by molar-refractivity contribution is 0.669. The molecule has 0 saturated carbocycles. The van der Waals surface area contributed by atoms with Crippen LogP contribution in [0, 0.1) is 0 Å². The molecule has 0 radical (unpaired) electrons. The van der Waals surface area contributed by atoms with Crippen molar-refractivity contribution in [1.29, 1.82) is 0 Å². The molecule has 10 rings (SSSR count). The van der Waals surface area contributed by atoms with Crippen molar-refractivity contribution in [3.8, 4) is 51.0 Å². The predicted molar refractivity (Wildman–Crippen MR) is 203 cm³/mol. The molecule has 0 spiro atoms. The van der Waals surface area contributed by atoms with Gasteiger partial charge in [-0.25, -0.2) is 4.98 Å². The number of hydrogen-bond acceptors (Lipinski definition) is 4. The van der Waals surface area contributed by atoms with Gasteiger partial charge in [-0.2, -0.15) is 9.97 Å². The van der Waals surface area contributed by atoms with Gasteiger partial charge in [0.25, 0.3) is 0 Å². The second-order valence-corrected chi connectivity index (χ2v) is 12.2. The fourth-order valence-corrected chi connectivity index (χ4v) is 6.77. The van der Waals surface area contributed by atoms with Gasteiger partial charge in [-0.3, -0.25) is 4.57 Å². The molecular weight excluding hydrogens is 613 g/mol. The Hall–Kier alpha value is -6.85. The summed E-state index contributed by atoms with van der Waals surface area (Å²) in [7, 11) is 0. The highest BCUT2D eigenvalue weighted by Crippen LogP contribution is 2.36. The molecule has 3 aromatic heterocycles. The quantitative estimate of drug-likeness (QED) is 0.187. The van der Waals surface area contributed by atoms with Gasteiger partial charge in [0.05, 0.1) is 16.5 Å². The SMILES string of the molecule is [2H]c1c([2H])c([2H])c2c(c1[2H])c1cc(-c3ccc(-c4ccccc4)cc3)ccc1n2-c1nc(-c2ccccc2)nc(-c2ccc3c(c2)oc2ccccc23)n1. The van der Waals surface area contributed by atoms with Gasteiger partial charge in [0.15, 0.2) is 11.6 Å². The van der Waals surface area contributed by atoms with E-state index in [9.17, 15) is 0 Å². The zero-order chi connectivity index (χ0) is 36.5. The van der Waals surface area contributed by atoms with E-state index in [1.807, 2.05) is 109 Å². The summed E-state index contributed by atoms with van der Waals surface area (Å²) in [4.78, 5) is 14.9. The van der Waals surface area contributed by atoms with E-state index >= 15 is 0 Å². The number of nitrogens with zero attached hydrogens (tertiary/aromatic N) is 4. The normalized spacial score (nSPS) is 12.7. The van der Waals surface area contributed by atoms with Crippen LogP contribution in [0.4, 0.5) is 0 Å². The monoisotopic (exact) mass is 644 g/mol. The van der Waals surface area contributed by atoms with Crippen LogP contribution in [0.5, 0.6) is 0 Å². The number of furan rings is 1. The molecule has 10 aromatic rings. The van der Waals surface area contributed by atoms with Crippen LogP contribution >= 0.6 is 0 Å². The van der Waals surface area contributed by atoms with Crippen LogP contribution in [-0.2, 0) is 0 Å². The summed E-state index contributed by atoms with van der Waals surface area (Å²) >= 11 is 0. The molecule has 0 aliphatic heterocycles. The maximum absolute atomic E-state index is 9.16. The van der Waals surface area contributed by atoms with Gasteiger partial charge in [-0.15, -0.1) is 0 Å². The number of rotatable bonds is 5. The third-order valence-corrected chi connectivity index (χ3v) is 9.22. The van der Waals surface area contributed by atoms with Crippen molar-refractivity contribution in [2.45, 2.75) is 0 Å². The highest BCUT2D eigenvalue weighted by Gasteiger charge is 2.19. The zero-order valence-corrected chi connectivity index (χ0v) is 26.6. The summed E-state index contributed by atoms with van der Waals surface area (Å²) in [6, 6.07) is 46.9. The Kier molecular flexibility index (Phi) is 5.54. The van der Waals surface area contributed by atoms with E-state index in [0.29, 0.717) is 39.1 Å². The van der Waals surface area contributed by atoms with Crippen molar-refractivity contribution in [2.24, 2.45) is 0 Å². The minimum absolute atomic E-state index is 0.126. The molecule has 5 nitrogen and oxygen atoms in total. The molecule has 50 heavy (non-hydrogen) atoms. The van der Waals surface area contributed by atoms with Crippen molar-refractivity contribution in [1.82, 2.24) is 19.5 Å². The van der Waals surface area contributed by atoms with E-state index in [0.717, 1.165) is 44.2 Å². The molecule has 0 aliphatic carbocycles. The largest absolute Gasteiger partial charge is 0.456 e. The van der Waals surface area contributed by atoms with E-state index < -0.39 is 0 Å². The molecule has 3 heterocycles. The molecule has 0 fully saturated rings. The van der Waals surface area contributed by atoms with Crippen LogP contribution in [-0.4, -0.2) is 19.5 Å². The highest BCUT2D eigenvalue weighted by atomic mass is 16.3. The van der Waals surface area contributed by atoms with Gasteiger partial charge >= 0.3 is 0 Å². The van der Waals surface area contributed by atoms with Crippen LogP contribution in [0.3, 0.4) is 0 Å². The smallest absolute Gasteiger partial charge is 0.238 e. The number of aromatic nitrogens is 4. The Morgan fingerprint density at radius 2 is 1.02 bits per heavy atom. The van der Waals surface area contributed by atoms with Crippen LogP contribution < -0.4 is 0 Å². The molecule has 0 N–H and O–H groups in total. The summed E-state index contributed by atoms with van der Waals surface area (Å²) in [5.74, 6) is 1.05. The molecular formula is C45H28N4O. The fraction of sp³-hybridized carbons (Fsp3) is 0. The summed E-state index contributed by atoms with van der Waals surface area (Å²) in [6.45, 7) is 0. The summed E-state index contributed by atoms with van der Waals surface area (Å²) in [5, 5.41) is 3.06. The first-order chi connectivity index (χ1) is 26.4. The van der Waals surface area contributed by atoms with Gasteiger partial charge in [0, 0.05) is 32.7 Å². The Morgan fingerprint density at radius 3 is 1.82 bits per heavy atom. The first-order valence-corrected chi connectivity index (χ1v) is 16.4. The van der Waals surface area contributed by atoms with Crippen LogP contribution in [0.2, 0.25) is 0 Å². The fourth-order valence-electron chi connectivity index (χ4n) is 6.77. The Labute approximate surface area is 293 Å². The van der Waals surface area contributed by atoms with Crippen LogP contribution in [0.15, 0.2) is 174 Å². The van der Waals surface area contributed by atoms with Crippen molar-refractivity contribution in [3.63, 3.8) is 0 Å². The topological polar surface area (TPSA) is 56.7 Å². The summed E-state index contributed by atoms with van der Waals surface area (Å²) in [6.07, 6.45) is 0.